The highest BCUT2D eigenvalue weighted by molar-refractivity contribution is 5.92. The molecule has 116 valence electrons. The highest BCUT2D eigenvalue weighted by atomic mass is 16.3. The standard InChI is InChI=1S/C16H19N3O3/c1-10-15(22-9-18-10)16(21)19-14(11-6-13(20)7-11)8-12-4-2-3-5-17-12/h2-5,9,11,13-14,20H,6-8H2,1H3,(H,19,21)/t11?,13?,14-/m1/s1. The minimum Gasteiger partial charge on any atom is -0.438 e. The van der Waals surface area contributed by atoms with Gasteiger partial charge in [-0.25, -0.2) is 4.98 Å². The molecule has 0 radical (unpaired) electrons. The monoisotopic (exact) mass is 301 g/mol. The molecular weight excluding hydrogens is 282 g/mol. The summed E-state index contributed by atoms with van der Waals surface area (Å²) in [6, 6.07) is 5.66. The van der Waals surface area contributed by atoms with E-state index in [1.165, 1.54) is 6.39 Å². The number of hydrogen-bond acceptors (Lipinski definition) is 5. The molecule has 1 saturated carbocycles. The van der Waals surface area contributed by atoms with Crippen molar-refractivity contribution in [2.75, 3.05) is 0 Å². The van der Waals surface area contributed by atoms with Gasteiger partial charge in [-0.1, -0.05) is 6.07 Å². The molecule has 3 rings (SSSR count). The molecule has 2 N–H and O–H groups in total. The normalized spacial score (nSPS) is 21.9. The van der Waals surface area contributed by atoms with E-state index in [1.54, 1.807) is 13.1 Å². The van der Waals surface area contributed by atoms with Crippen LogP contribution in [0, 0.1) is 12.8 Å². The molecule has 6 heteroatoms. The number of rotatable bonds is 5. The Kier molecular flexibility index (Phi) is 4.20. The molecule has 6 nitrogen and oxygen atoms in total. The fourth-order valence-corrected chi connectivity index (χ4v) is 2.79. The summed E-state index contributed by atoms with van der Waals surface area (Å²) in [5.74, 6) is 0.229. The van der Waals surface area contributed by atoms with Crippen molar-refractivity contribution in [3.05, 3.63) is 47.9 Å². The third kappa shape index (κ3) is 3.17. The summed E-state index contributed by atoms with van der Waals surface area (Å²) in [6.07, 6.45) is 4.78. The van der Waals surface area contributed by atoms with E-state index in [2.05, 4.69) is 15.3 Å². The third-order valence-corrected chi connectivity index (χ3v) is 4.14. The van der Waals surface area contributed by atoms with E-state index in [-0.39, 0.29) is 29.7 Å². The lowest BCUT2D eigenvalue weighted by Gasteiger charge is -2.37. The van der Waals surface area contributed by atoms with Gasteiger partial charge in [0.25, 0.3) is 5.91 Å². The number of nitrogens with zero attached hydrogens (tertiary/aromatic N) is 2. The van der Waals surface area contributed by atoms with Gasteiger partial charge in [0.05, 0.1) is 11.8 Å². The second kappa shape index (κ2) is 6.27. The lowest BCUT2D eigenvalue weighted by Crippen LogP contribution is -2.48. The van der Waals surface area contributed by atoms with E-state index in [4.69, 9.17) is 4.42 Å². The number of hydrogen-bond donors (Lipinski definition) is 2. The Bertz CT molecular complexity index is 635. The zero-order chi connectivity index (χ0) is 15.5. The summed E-state index contributed by atoms with van der Waals surface area (Å²) in [5.41, 5.74) is 1.49. The van der Waals surface area contributed by atoms with E-state index >= 15 is 0 Å². The van der Waals surface area contributed by atoms with Gasteiger partial charge in [-0.15, -0.1) is 0 Å². The molecule has 1 atom stereocenters. The molecular formula is C16H19N3O3. The first kappa shape index (κ1) is 14.7. The van der Waals surface area contributed by atoms with Gasteiger partial charge in [0, 0.05) is 24.4 Å². The van der Waals surface area contributed by atoms with Crippen molar-refractivity contribution in [3.63, 3.8) is 0 Å². The van der Waals surface area contributed by atoms with E-state index in [0.717, 1.165) is 5.69 Å². The third-order valence-electron chi connectivity index (χ3n) is 4.14. The predicted molar refractivity (Wildman–Crippen MR) is 79.2 cm³/mol. The zero-order valence-electron chi connectivity index (χ0n) is 12.4. The first-order valence-electron chi connectivity index (χ1n) is 7.42. The number of carbonyl (C=O) groups excluding carboxylic acids is 1. The molecule has 0 spiro atoms. The molecule has 2 aromatic heterocycles. The molecule has 0 saturated heterocycles. The Hall–Kier alpha value is -2.21. The topological polar surface area (TPSA) is 88.3 Å². The summed E-state index contributed by atoms with van der Waals surface area (Å²) < 4.78 is 5.14. The zero-order valence-corrected chi connectivity index (χ0v) is 12.4. The molecule has 2 heterocycles. The van der Waals surface area contributed by atoms with Crippen LogP contribution in [0.25, 0.3) is 0 Å². The maximum absolute atomic E-state index is 12.3. The number of pyridine rings is 1. The Morgan fingerprint density at radius 1 is 1.45 bits per heavy atom. The van der Waals surface area contributed by atoms with Crippen LogP contribution in [0.15, 0.2) is 35.2 Å². The molecule has 22 heavy (non-hydrogen) atoms. The van der Waals surface area contributed by atoms with E-state index < -0.39 is 0 Å². The lowest BCUT2D eigenvalue weighted by atomic mass is 9.76. The summed E-state index contributed by atoms with van der Waals surface area (Å²) in [4.78, 5) is 20.6. The molecule has 1 aliphatic rings. The van der Waals surface area contributed by atoms with Crippen molar-refractivity contribution < 1.29 is 14.3 Å². The molecule has 2 aromatic rings. The molecule has 1 aliphatic carbocycles. The minimum atomic E-state index is -0.266. The number of aryl methyl sites for hydroxylation is 1. The minimum absolute atomic E-state index is 0.0738. The van der Waals surface area contributed by atoms with Crippen molar-refractivity contribution in [1.29, 1.82) is 0 Å². The van der Waals surface area contributed by atoms with Crippen LogP contribution in [0.4, 0.5) is 0 Å². The highest BCUT2D eigenvalue weighted by Gasteiger charge is 2.35. The van der Waals surface area contributed by atoms with Gasteiger partial charge in [-0.2, -0.15) is 0 Å². The number of amides is 1. The molecule has 0 bridgehead atoms. The van der Waals surface area contributed by atoms with E-state index in [0.29, 0.717) is 25.0 Å². The maximum Gasteiger partial charge on any atom is 0.289 e. The Morgan fingerprint density at radius 2 is 2.27 bits per heavy atom. The molecule has 1 amide bonds. The van der Waals surface area contributed by atoms with Crippen LogP contribution >= 0.6 is 0 Å². The van der Waals surface area contributed by atoms with Crippen molar-refractivity contribution >= 4 is 5.91 Å². The van der Waals surface area contributed by atoms with Crippen LogP contribution in [0.1, 0.15) is 34.8 Å². The number of carbonyl (C=O) groups is 1. The van der Waals surface area contributed by atoms with Gasteiger partial charge < -0.3 is 14.8 Å². The molecule has 1 fully saturated rings. The van der Waals surface area contributed by atoms with Gasteiger partial charge in [0.15, 0.2) is 6.39 Å². The van der Waals surface area contributed by atoms with Crippen molar-refractivity contribution in [2.45, 2.75) is 38.3 Å². The Balaban J connectivity index is 1.71. The summed E-state index contributed by atoms with van der Waals surface area (Å²) >= 11 is 0. The first-order valence-corrected chi connectivity index (χ1v) is 7.42. The van der Waals surface area contributed by atoms with Gasteiger partial charge in [-0.3, -0.25) is 9.78 Å². The quantitative estimate of drug-likeness (QED) is 0.873. The van der Waals surface area contributed by atoms with Crippen molar-refractivity contribution in [3.8, 4) is 0 Å². The van der Waals surface area contributed by atoms with Gasteiger partial charge >= 0.3 is 0 Å². The summed E-state index contributed by atoms with van der Waals surface area (Å²) in [7, 11) is 0. The highest BCUT2D eigenvalue weighted by Crippen LogP contribution is 2.31. The second-order valence-electron chi connectivity index (χ2n) is 5.76. The fraction of sp³-hybridized carbons (Fsp3) is 0.438. The largest absolute Gasteiger partial charge is 0.438 e. The SMILES string of the molecule is Cc1ncoc1C(=O)N[C@H](Cc1ccccn1)C1CC(O)C1. The first-order chi connectivity index (χ1) is 10.6. The Labute approximate surface area is 128 Å². The molecule has 0 unspecified atom stereocenters. The predicted octanol–water partition coefficient (Wildman–Crippen LogP) is 1.49. The number of nitrogens with one attached hydrogen (secondary N) is 1. The smallest absolute Gasteiger partial charge is 0.289 e. The van der Waals surface area contributed by atoms with Crippen LogP contribution in [0.3, 0.4) is 0 Å². The number of aliphatic hydroxyl groups is 1. The van der Waals surface area contributed by atoms with Gasteiger partial charge in [-0.05, 0) is 37.8 Å². The van der Waals surface area contributed by atoms with E-state index in [9.17, 15) is 9.90 Å². The molecule has 0 aliphatic heterocycles. The Morgan fingerprint density at radius 3 is 2.86 bits per heavy atom. The summed E-state index contributed by atoms with van der Waals surface area (Å²) in [5, 5.41) is 12.5. The number of aliphatic hydroxyl groups excluding tert-OH is 1. The van der Waals surface area contributed by atoms with Crippen molar-refractivity contribution in [1.82, 2.24) is 15.3 Å². The van der Waals surface area contributed by atoms with Gasteiger partial charge in [0.1, 0.15) is 0 Å². The van der Waals surface area contributed by atoms with Crippen LogP contribution in [-0.4, -0.2) is 33.1 Å². The van der Waals surface area contributed by atoms with Crippen molar-refractivity contribution in [2.24, 2.45) is 5.92 Å². The van der Waals surface area contributed by atoms with Crippen LogP contribution in [0.5, 0.6) is 0 Å². The maximum atomic E-state index is 12.3. The fourth-order valence-electron chi connectivity index (χ4n) is 2.79. The summed E-state index contributed by atoms with van der Waals surface area (Å²) in [6.45, 7) is 1.74. The average Bonchev–Trinajstić information content (AvgIpc) is 2.91. The number of aromatic nitrogens is 2. The van der Waals surface area contributed by atoms with Gasteiger partial charge in [0.2, 0.25) is 5.76 Å². The lowest BCUT2D eigenvalue weighted by molar-refractivity contribution is 0.0235. The number of oxazole rings is 1. The van der Waals surface area contributed by atoms with Crippen LogP contribution in [0.2, 0.25) is 0 Å². The average molecular weight is 301 g/mol. The molecule has 0 aromatic carbocycles. The second-order valence-corrected chi connectivity index (χ2v) is 5.76. The van der Waals surface area contributed by atoms with Crippen LogP contribution in [-0.2, 0) is 6.42 Å². The van der Waals surface area contributed by atoms with E-state index in [1.807, 2.05) is 18.2 Å². The van der Waals surface area contributed by atoms with Crippen LogP contribution < -0.4 is 5.32 Å².